The van der Waals surface area contributed by atoms with Crippen molar-refractivity contribution in [1.82, 2.24) is 4.98 Å². The molecule has 0 saturated carbocycles. The van der Waals surface area contributed by atoms with Crippen LogP contribution in [-0.2, 0) is 13.0 Å². The summed E-state index contributed by atoms with van der Waals surface area (Å²) in [5, 5.41) is 2.86. The van der Waals surface area contributed by atoms with Gasteiger partial charge in [0.1, 0.15) is 0 Å². The van der Waals surface area contributed by atoms with E-state index in [-0.39, 0.29) is 11.7 Å². The summed E-state index contributed by atoms with van der Waals surface area (Å²) in [6, 6.07) is 17.2. The second-order valence-corrected chi connectivity index (χ2v) is 6.96. The van der Waals surface area contributed by atoms with Gasteiger partial charge in [-0.2, -0.15) is 0 Å². The van der Waals surface area contributed by atoms with E-state index in [9.17, 15) is 9.59 Å². The number of carbonyl (C=O) groups excluding carboxylic acids is 2. The molecule has 5 heteroatoms. The lowest BCUT2D eigenvalue weighted by molar-refractivity contribution is 0.101. The Morgan fingerprint density at radius 3 is 2.46 bits per heavy atom. The Morgan fingerprint density at radius 1 is 0.964 bits per heavy atom. The first-order chi connectivity index (χ1) is 13.6. The second kappa shape index (κ2) is 7.64. The number of ketones is 1. The van der Waals surface area contributed by atoms with Crippen LogP contribution in [0.2, 0.25) is 0 Å². The van der Waals surface area contributed by atoms with Crippen molar-refractivity contribution in [1.29, 1.82) is 0 Å². The van der Waals surface area contributed by atoms with Crippen LogP contribution in [-0.4, -0.2) is 23.2 Å². The number of nitrogens with one attached hydrogen (secondary N) is 1. The number of carbonyl (C=O) groups is 2. The summed E-state index contributed by atoms with van der Waals surface area (Å²) in [6.45, 7) is 3.23. The third-order valence-corrected chi connectivity index (χ3v) is 5.03. The number of rotatable bonds is 4. The van der Waals surface area contributed by atoms with E-state index in [1.54, 1.807) is 36.7 Å². The Hall–Kier alpha value is -3.47. The Labute approximate surface area is 164 Å². The van der Waals surface area contributed by atoms with Crippen LogP contribution in [0.15, 0.2) is 67.0 Å². The van der Waals surface area contributed by atoms with Crippen LogP contribution in [0.5, 0.6) is 0 Å². The molecule has 0 atom stereocenters. The van der Waals surface area contributed by atoms with Crippen LogP contribution in [0.3, 0.4) is 0 Å². The van der Waals surface area contributed by atoms with Gasteiger partial charge in [0.15, 0.2) is 5.78 Å². The Kier molecular flexibility index (Phi) is 4.89. The fourth-order valence-electron chi connectivity index (χ4n) is 3.43. The molecule has 5 nitrogen and oxygen atoms in total. The van der Waals surface area contributed by atoms with Crippen LogP contribution in [0.1, 0.15) is 38.8 Å². The van der Waals surface area contributed by atoms with Gasteiger partial charge in [-0.3, -0.25) is 14.6 Å². The van der Waals surface area contributed by atoms with Gasteiger partial charge >= 0.3 is 0 Å². The van der Waals surface area contributed by atoms with Crippen molar-refractivity contribution in [2.24, 2.45) is 0 Å². The molecule has 0 fully saturated rings. The number of hydrogen-bond donors (Lipinski definition) is 1. The summed E-state index contributed by atoms with van der Waals surface area (Å²) in [5.74, 6) is -0.222. The number of amides is 1. The van der Waals surface area contributed by atoms with Gasteiger partial charge in [0.25, 0.3) is 5.91 Å². The van der Waals surface area contributed by atoms with Crippen LogP contribution in [0.4, 0.5) is 11.4 Å². The highest BCUT2D eigenvalue weighted by molar-refractivity contribution is 6.05. The van der Waals surface area contributed by atoms with E-state index in [0.717, 1.165) is 25.2 Å². The largest absolute Gasteiger partial charge is 0.366 e. The smallest absolute Gasteiger partial charge is 0.257 e. The van der Waals surface area contributed by atoms with Crippen molar-refractivity contribution in [3.05, 3.63) is 89.2 Å². The minimum absolute atomic E-state index is 0.00196. The normalized spacial score (nSPS) is 13.0. The van der Waals surface area contributed by atoms with E-state index >= 15 is 0 Å². The van der Waals surface area contributed by atoms with Gasteiger partial charge in [-0.05, 0) is 54.8 Å². The number of aromatic nitrogens is 1. The van der Waals surface area contributed by atoms with Gasteiger partial charge in [0.2, 0.25) is 0 Å². The van der Waals surface area contributed by atoms with Crippen molar-refractivity contribution in [3.8, 4) is 0 Å². The SMILES string of the molecule is CC(=O)c1ccc(NC(=O)c2cncc(N3CCc4ccccc4C3)c2)cc1. The third kappa shape index (κ3) is 3.78. The molecule has 4 rings (SSSR count). The Morgan fingerprint density at radius 2 is 1.71 bits per heavy atom. The zero-order valence-electron chi connectivity index (χ0n) is 15.7. The molecule has 0 spiro atoms. The monoisotopic (exact) mass is 371 g/mol. The Bertz CT molecular complexity index is 1030. The van der Waals surface area contributed by atoms with E-state index in [1.165, 1.54) is 18.1 Å². The lowest BCUT2D eigenvalue weighted by Gasteiger charge is -2.30. The van der Waals surface area contributed by atoms with Crippen molar-refractivity contribution < 1.29 is 9.59 Å². The van der Waals surface area contributed by atoms with Crippen LogP contribution < -0.4 is 10.2 Å². The van der Waals surface area contributed by atoms with Gasteiger partial charge in [0.05, 0.1) is 17.4 Å². The summed E-state index contributed by atoms with van der Waals surface area (Å²) < 4.78 is 0. The average molecular weight is 371 g/mol. The highest BCUT2D eigenvalue weighted by Gasteiger charge is 2.17. The molecule has 140 valence electrons. The van der Waals surface area contributed by atoms with Gasteiger partial charge in [-0.1, -0.05) is 24.3 Å². The highest BCUT2D eigenvalue weighted by Crippen LogP contribution is 2.24. The molecule has 28 heavy (non-hydrogen) atoms. The maximum absolute atomic E-state index is 12.6. The maximum Gasteiger partial charge on any atom is 0.257 e. The fourth-order valence-corrected chi connectivity index (χ4v) is 3.43. The first-order valence-electron chi connectivity index (χ1n) is 9.29. The number of pyridine rings is 1. The molecule has 2 aromatic carbocycles. The van der Waals surface area contributed by atoms with Gasteiger partial charge in [-0.15, -0.1) is 0 Å². The number of fused-ring (bicyclic) bond motifs is 1. The van der Waals surface area contributed by atoms with Crippen LogP contribution >= 0.6 is 0 Å². The molecule has 0 aliphatic carbocycles. The van der Waals surface area contributed by atoms with E-state index in [4.69, 9.17) is 0 Å². The molecule has 1 aromatic heterocycles. The lowest BCUT2D eigenvalue weighted by atomic mass is 9.99. The average Bonchev–Trinajstić information content (AvgIpc) is 2.74. The Balaban J connectivity index is 1.49. The zero-order chi connectivity index (χ0) is 19.5. The molecule has 1 N–H and O–H groups in total. The number of anilines is 2. The summed E-state index contributed by atoms with van der Waals surface area (Å²) in [7, 11) is 0. The van der Waals surface area contributed by atoms with Crippen molar-refractivity contribution in [2.45, 2.75) is 19.9 Å². The second-order valence-electron chi connectivity index (χ2n) is 6.96. The molecular formula is C23H21N3O2. The summed E-state index contributed by atoms with van der Waals surface area (Å²) in [5.41, 5.74) is 5.41. The van der Waals surface area contributed by atoms with Crippen LogP contribution in [0, 0.1) is 0 Å². The third-order valence-electron chi connectivity index (χ3n) is 5.03. The molecule has 0 unspecified atom stereocenters. The van der Waals surface area contributed by atoms with Gasteiger partial charge in [0, 0.05) is 30.5 Å². The standard InChI is InChI=1S/C23H21N3O2/c1-16(27)17-6-8-21(9-7-17)25-23(28)20-12-22(14-24-13-20)26-11-10-18-4-2-3-5-19(18)15-26/h2-9,12-14H,10-11,15H2,1H3,(H,25,28). The van der Waals surface area contributed by atoms with Crippen molar-refractivity contribution in [3.63, 3.8) is 0 Å². The molecule has 3 aromatic rings. The van der Waals surface area contributed by atoms with E-state index < -0.39 is 0 Å². The van der Waals surface area contributed by atoms with E-state index in [1.807, 2.05) is 6.07 Å². The van der Waals surface area contributed by atoms with Gasteiger partial charge < -0.3 is 10.2 Å². The number of hydrogen-bond acceptors (Lipinski definition) is 4. The topological polar surface area (TPSA) is 62.3 Å². The molecule has 0 radical (unpaired) electrons. The maximum atomic E-state index is 12.6. The highest BCUT2D eigenvalue weighted by atomic mass is 16.1. The molecule has 1 aliphatic rings. The molecule has 0 saturated heterocycles. The fraction of sp³-hybridized carbons (Fsp3) is 0.174. The van der Waals surface area contributed by atoms with Crippen molar-refractivity contribution in [2.75, 3.05) is 16.8 Å². The molecule has 1 amide bonds. The first kappa shape index (κ1) is 17.9. The van der Waals surface area contributed by atoms with Crippen LogP contribution in [0.25, 0.3) is 0 Å². The van der Waals surface area contributed by atoms with E-state index in [0.29, 0.717) is 16.8 Å². The lowest BCUT2D eigenvalue weighted by Crippen LogP contribution is -2.30. The number of benzene rings is 2. The quantitative estimate of drug-likeness (QED) is 0.702. The van der Waals surface area contributed by atoms with Crippen molar-refractivity contribution >= 4 is 23.1 Å². The molecule has 1 aliphatic heterocycles. The number of nitrogens with zero attached hydrogens (tertiary/aromatic N) is 2. The minimum Gasteiger partial charge on any atom is -0.366 e. The predicted molar refractivity (Wildman–Crippen MR) is 110 cm³/mol. The predicted octanol–water partition coefficient (Wildman–Crippen LogP) is 4.10. The summed E-state index contributed by atoms with van der Waals surface area (Å²) >= 11 is 0. The minimum atomic E-state index is -0.220. The molecule has 0 bridgehead atoms. The zero-order valence-corrected chi connectivity index (χ0v) is 15.7. The van der Waals surface area contributed by atoms with E-state index in [2.05, 4.69) is 39.5 Å². The molecule has 2 heterocycles. The van der Waals surface area contributed by atoms with Gasteiger partial charge in [-0.25, -0.2) is 0 Å². The number of Topliss-reactive ketones (excluding diaryl/α,β-unsaturated/α-hetero) is 1. The molecular weight excluding hydrogens is 350 g/mol. The first-order valence-corrected chi connectivity index (χ1v) is 9.29. The summed E-state index contributed by atoms with van der Waals surface area (Å²) in [4.78, 5) is 30.5. The summed E-state index contributed by atoms with van der Waals surface area (Å²) in [6.07, 6.45) is 4.35.